The second-order valence-corrected chi connectivity index (χ2v) is 5.56. The van der Waals surface area contributed by atoms with E-state index in [9.17, 15) is 20.0 Å². The first kappa shape index (κ1) is 13.0. The molecule has 7 heteroatoms. The third-order valence-electron chi connectivity index (χ3n) is 3.24. The van der Waals surface area contributed by atoms with E-state index >= 15 is 0 Å². The lowest BCUT2D eigenvalue weighted by Crippen LogP contribution is -2.49. The zero-order valence-electron chi connectivity index (χ0n) is 9.72. The van der Waals surface area contributed by atoms with E-state index in [4.69, 9.17) is 0 Å². The molecule has 1 aromatic rings. The molecule has 0 saturated heterocycles. The monoisotopic (exact) mass is 270 g/mol. The fourth-order valence-corrected chi connectivity index (χ4v) is 2.94. The van der Waals surface area contributed by atoms with Crippen LogP contribution in [0, 0.1) is 10.1 Å². The number of thiophene rings is 1. The van der Waals surface area contributed by atoms with Gasteiger partial charge in [-0.25, -0.2) is 0 Å². The van der Waals surface area contributed by atoms with Crippen molar-refractivity contribution in [2.75, 3.05) is 6.61 Å². The van der Waals surface area contributed by atoms with Gasteiger partial charge in [-0.1, -0.05) is 24.2 Å². The summed E-state index contributed by atoms with van der Waals surface area (Å²) in [5.74, 6) is -0.343. The van der Waals surface area contributed by atoms with Gasteiger partial charge in [0.15, 0.2) is 0 Å². The van der Waals surface area contributed by atoms with Crippen LogP contribution < -0.4 is 5.32 Å². The van der Waals surface area contributed by atoms with Gasteiger partial charge < -0.3 is 10.4 Å². The molecule has 1 aromatic heterocycles. The van der Waals surface area contributed by atoms with E-state index in [0.717, 1.165) is 37.0 Å². The summed E-state index contributed by atoms with van der Waals surface area (Å²) in [6.07, 6.45) is 3.46. The van der Waals surface area contributed by atoms with Gasteiger partial charge >= 0.3 is 5.00 Å². The standard InChI is InChI=1S/C11H14N2O4S/c14-7-11(5-1-2-6-11)12-10(15)8-3-4-9(18-8)13(16)17/h3-4,14H,1-2,5-7H2,(H,12,15). The molecular formula is C11H14N2O4S. The number of aliphatic hydroxyl groups is 1. The molecule has 2 rings (SSSR count). The van der Waals surface area contributed by atoms with Crippen molar-refractivity contribution < 1.29 is 14.8 Å². The first-order valence-corrected chi connectivity index (χ1v) is 6.56. The van der Waals surface area contributed by atoms with Crippen molar-refractivity contribution in [3.8, 4) is 0 Å². The molecule has 0 unspecified atom stereocenters. The Morgan fingerprint density at radius 2 is 2.17 bits per heavy atom. The van der Waals surface area contributed by atoms with Gasteiger partial charge in [0.2, 0.25) is 0 Å². The first-order chi connectivity index (χ1) is 8.56. The summed E-state index contributed by atoms with van der Waals surface area (Å²) in [7, 11) is 0. The van der Waals surface area contributed by atoms with E-state index in [1.165, 1.54) is 12.1 Å². The van der Waals surface area contributed by atoms with Crippen molar-refractivity contribution in [1.29, 1.82) is 0 Å². The topological polar surface area (TPSA) is 92.5 Å². The molecule has 1 saturated carbocycles. The molecule has 1 aliphatic rings. The number of carbonyl (C=O) groups excluding carboxylic acids is 1. The van der Waals surface area contributed by atoms with E-state index in [2.05, 4.69) is 5.32 Å². The molecule has 0 radical (unpaired) electrons. The van der Waals surface area contributed by atoms with Crippen molar-refractivity contribution in [3.63, 3.8) is 0 Å². The summed E-state index contributed by atoms with van der Waals surface area (Å²) in [4.78, 5) is 22.3. The van der Waals surface area contributed by atoms with Crippen LogP contribution in [0.15, 0.2) is 12.1 Å². The Balaban J connectivity index is 2.09. The van der Waals surface area contributed by atoms with Gasteiger partial charge in [0.25, 0.3) is 5.91 Å². The summed E-state index contributed by atoms with van der Waals surface area (Å²) in [5.41, 5.74) is -0.546. The van der Waals surface area contributed by atoms with Gasteiger partial charge in [0, 0.05) is 6.07 Å². The van der Waals surface area contributed by atoms with E-state index in [0.29, 0.717) is 4.88 Å². The third kappa shape index (κ3) is 2.51. The van der Waals surface area contributed by atoms with Crippen LogP contribution in [0.5, 0.6) is 0 Å². The number of aliphatic hydroxyl groups excluding tert-OH is 1. The first-order valence-electron chi connectivity index (χ1n) is 5.74. The molecule has 1 fully saturated rings. The van der Waals surface area contributed by atoms with Crippen molar-refractivity contribution >= 4 is 22.2 Å². The largest absolute Gasteiger partial charge is 0.394 e. The highest BCUT2D eigenvalue weighted by Gasteiger charge is 2.35. The second-order valence-electron chi connectivity index (χ2n) is 4.49. The Bertz CT molecular complexity index is 465. The lowest BCUT2D eigenvalue weighted by Gasteiger charge is -2.27. The van der Waals surface area contributed by atoms with Crippen LogP contribution in [0.3, 0.4) is 0 Å². The molecule has 18 heavy (non-hydrogen) atoms. The fourth-order valence-electron chi connectivity index (χ4n) is 2.22. The third-order valence-corrected chi connectivity index (χ3v) is 4.27. The maximum atomic E-state index is 12.0. The molecule has 6 nitrogen and oxygen atoms in total. The summed E-state index contributed by atoms with van der Waals surface area (Å²) in [5, 5.41) is 22.7. The van der Waals surface area contributed by atoms with Crippen LogP contribution in [0.4, 0.5) is 5.00 Å². The fraction of sp³-hybridized carbons (Fsp3) is 0.545. The van der Waals surface area contributed by atoms with Crippen LogP contribution in [0.25, 0.3) is 0 Å². The Labute approximate surface area is 108 Å². The smallest absolute Gasteiger partial charge is 0.324 e. The van der Waals surface area contributed by atoms with Crippen molar-refractivity contribution in [2.45, 2.75) is 31.2 Å². The molecule has 2 N–H and O–H groups in total. The SMILES string of the molecule is O=C(NC1(CO)CCCC1)c1ccc([N+](=O)[O-])s1. The van der Waals surface area contributed by atoms with E-state index in [1.54, 1.807) is 0 Å². The van der Waals surface area contributed by atoms with E-state index < -0.39 is 10.5 Å². The number of rotatable bonds is 4. The zero-order chi connectivity index (χ0) is 13.2. The minimum absolute atomic E-state index is 0.0513. The molecule has 0 aliphatic heterocycles. The summed E-state index contributed by atoms with van der Waals surface area (Å²) in [6, 6.07) is 2.76. The van der Waals surface area contributed by atoms with Gasteiger partial charge in [-0.3, -0.25) is 14.9 Å². The summed E-state index contributed by atoms with van der Waals surface area (Å²) in [6.45, 7) is -0.0911. The highest BCUT2D eigenvalue weighted by Crippen LogP contribution is 2.30. The van der Waals surface area contributed by atoms with Gasteiger partial charge in [-0.05, 0) is 18.9 Å². The minimum Gasteiger partial charge on any atom is -0.394 e. The highest BCUT2D eigenvalue weighted by atomic mass is 32.1. The van der Waals surface area contributed by atoms with Crippen LogP contribution >= 0.6 is 11.3 Å². The van der Waals surface area contributed by atoms with Gasteiger partial charge in [-0.15, -0.1) is 0 Å². The quantitative estimate of drug-likeness (QED) is 0.643. The zero-order valence-corrected chi connectivity index (χ0v) is 10.5. The maximum Gasteiger partial charge on any atom is 0.324 e. The number of nitrogens with one attached hydrogen (secondary N) is 1. The lowest BCUT2D eigenvalue weighted by atomic mass is 9.99. The number of amides is 1. The average Bonchev–Trinajstić information content (AvgIpc) is 2.98. The molecule has 0 spiro atoms. The van der Waals surface area contributed by atoms with Crippen LogP contribution in [0.2, 0.25) is 0 Å². The molecule has 0 atom stereocenters. The minimum atomic E-state index is -0.546. The van der Waals surface area contributed by atoms with Gasteiger partial charge in [-0.2, -0.15) is 0 Å². The Morgan fingerprint density at radius 1 is 1.50 bits per heavy atom. The second kappa shape index (κ2) is 5.03. The predicted octanol–water partition coefficient (Wildman–Crippen LogP) is 1.69. The molecule has 0 bridgehead atoms. The van der Waals surface area contributed by atoms with Crippen LogP contribution in [-0.2, 0) is 0 Å². The Kier molecular flexibility index (Phi) is 3.63. The van der Waals surface area contributed by atoms with Crippen LogP contribution in [-0.4, -0.2) is 28.1 Å². The van der Waals surface area contributed by atoms with E-state index in [-0.39, 0.29) is 17.5 Å². The number of hydrogen-bond donors (Lipinski definition) is 2. The van der Waals surface area contributed by atoms with Crippen molar-refractivity contribution in [2.24, 2.45) is 0 Å². The molecule has 0 aromatic carbocycles. The molecular weight excluding hydrogens is 256 g/mol. The predicted molar refractivity (Wildman–Crippen MR) is 66.7 cm³/mol. The Morgan fingerprint density at radius 3 is 2.67 bits per heavy atom. The van der Waals surface area contributed by atoms with Gasteiger partial charge in [0.05, 0.1) is 21.9 Å². The molecule has 1 amide bonds. The molecule has 1 heterocycles. The normalized spacial score (nSPS) is 17.6. The van der Waals surface area contributed by atoms with Crippen LogP contribution in [0.1, 0.15) is 35.4 Å². The molecule has 98 valence electrons. The van der Waals surface area contributed by atoms with E-state index in [1.807, 2.05) is 0 Å². The van der Waals surface area contributed by atoms with Gasteiger partial charge in [0.1, 0.15) is 0 Å². The molecule has 1 aliphatic carbocycles. The highest BCUT2D eigenvalue weighted by molar-refractivity contribution is 7.17. The number of nitrogens with zero attached hydrogens (tertiary/aromatic N) is 1. The number of carbonyl (C=O) groups is 1. The number of hydrogen-bond acceptors (Lipinski definition) is 5. The summed E-state index contributed by atoms with van der Waals surface area (Å²) < 4.78 is 0. The lowest BCUT2D eigenvalue weighted by molar-refractivity contribution is -0.380. The summed E-state index contributed by atoms with van der Waals surface area (Å²) >= 11 is 0.849. The Hall–Kier alpha value is -1.47. The van der Waals surface area contributed by atoms with Crippen molar-refractivity contribution in [3.05, 3.63) is 27.1 Å². The van der Waals surface area contributed by atoms with Crippen molar-refractivity contribution in [1.82, 2.24) is 5.32 Å². The number of nitro groups is 1. The maximum absolute atomic E-state index is 12.0. The average molecular weight is 270 g/mol.